The fraction of sp³-hybridized carbons (Fsp3) is 0.769. The van der Waals surface area contributed by atoms with Crippen LogP contribution >= 0.6 is 0 Å². The second-order valence-electron chi connectivity index (χ2n) is 5.41. The van der Waals surface area contributed by atoms with E-state index < -0.39 is 30.1 Å². The van der Waals surface area contributed by atoms with Gasteiger partial charge in [0, 0.05) is 19.5 Å². The molecule has 1 aliphatic rings. The molecule has 0 aliphatic carbocycles. The minimum absolute atomic E-state index is 0.0272. The third-order valence-electron chi connectivity index (χ3n) is 3.78. The normalized spacial score (nSPS) is 18.9. The first-order valence-corrected chi connectivity index (χ1v) is 7.06. The summed E-state index contributed by atoms with van der Waals surface area (Å²) in [6.07, 6.45) is 0.841. The minimum Gasteiger partial charge on any atom is -0.480 e. The fourth-order valence-corrected chi connectivity index (χ4v) is 2.37. The summed E-state index contributed by atoms with van der Waals surface area (Å²) in [5.74, 6) is -1.63. The topological polar surface area (TPSA) is 133 Å². The number of carbonyl (C=O) groups is 3. The monoisotopic (exact) mass is 301 g/mol. The Morgan fingerprint density at radius 2 is 1.90 bits per heavy atom. The first-order chi connectivity index (χ1) is 9.81. The number of hydrogen-bond acceptors (Lipinski definition) is 4. The molecule has 1 aliphatic heterocycles. The molecular weight excluding hydrogens is 278 g/mol. The maximum atomic E-state index is 12.0. The Morgan fingerprint density at radius 1 is 1.33 bits per heavy atom. The number of hydrogen-bond donors (Lipinski definition) is 4. The van der Waals surface area contributed by atoms with Crippen LogP contribution in [-0.4, -0.2) is 58.3 Å². The van der Waals surface area contributed by atoms with Crippen LogP contribution in [0.1, 0.15) is 32.6 Å². The van der Waals surface area contributed by atoms with Crippen LogP contribution in [0.15, 0.2) is 0 Å². The molecule has 120 valence electrons. The smallest absolute Gasteiger partial charge is 0.326 e. The Bertz CT molecular complexity index is 391. The van der Waals surface area contributed by atoms with E-state index in [1.807, 2.05) is 0 Å². The molecule has 1 heterocycles. The molecule has 1 saturated heterocycles. The number of nitrogens with one attached hydrogen (secondary N) is 1. The van der Waals surface area contributed by atoms with Crippen LogP contribution in [0, 0.1) is 5.92 Å². The van der Waals surface area contributed by atoms with Crippen molar-refractivity contribution in [3.63, 3.8) is 0 Å². The van der Waals surface area contributed by atoms with Gasteiger partial charge in [-0.3, -0.25) is 4.79 Å². The van der Waals surface area contributed by atoms with Crippen molar-refractivity contribution in [1.29, 1.82) is 0 Å². The first kappa shape index (κ1) is 17.2. The molecule has 0 radical (unpaired) electrons. The average molecular weight is 301 g/mol. The van der Waals surface area contributed by atoms with Crippen molar-refractivity contribution < 1.29 is 24.6 Å². The van der Waals surface area contributed by atoms with Crippen LogP contribution in [0.2, 0.25) is 0 Å². The first-order valence-electron chi connectivity index (χ1n) is 7.06. The second kappa shape index (κ2) is 7.82. The third kappa shape index (κ3) is 5.58. The van der Waals surface area contributed by atoms with Gasteiger partial charge in [0.15, 0.2) is 0 Å². The lowest BCUT2D eigenvalue weighted by Crippen LogP contribution is -2.51. The molecule has 1 fully saturated rings. The van der Waals surface area contributed by atoms with Crippen molar-refractivity contribution in [2.45, 2.75) is 44.8 Å². The van der Waals surface area contributed by atoms with Crippen LogP contribution in [0.3, 0.4) is 0 Å². The molecule has 5 N–H and O–H groups in total. The lowest BCUT2D eigenvalue weighted by molar-refractivity contribution is -0.139. The van der Waals surface area contributed by atoms with Gasteiger partial charge in [-0.2, -0.15) is 0 Å². The highest BCUT2D eigenvalue weighted by atomic mass is 16.4. The number of aliphatic hydroxyl groups excluding tert-OH is 1. The van der Waals surface area contributed by atoms with Gasteiger partial charge in [-0.1, -0.05) is 0 Å². The summed E-state index contributed by atoms with van der Waals surface area (Å²) in [6.45, 7) is 2.68. The summed E-state index contributed by atoms with van der Waals surface area (Å²) >= 11 is 0. The van der Waals surface area contributed by atoms with Crippen molar-refractivity contribution in [1.82, 2.24) is 10.2 Å². The number of carbonyl (C=O) groups excluding carboxylic acids is 2. The number of aliphatic carboxylic acids is 1. The molecule has 2 atom stereocenters. The van der Waals surface area contributed by atoms with Crippen LogP contribution in [0.25, 0.3) is 0 Å². The van der Waals surface area contributed by atoms with Gasteiger partial charge in [-0.25, -0.2) is 9.59 Å². The standard InChI is InChI=1S/C13H23N3O5/c1-8(17)9-4-6-16(7-5-9)13(21)15-10(12(19)20)2-3-11(14)18/h8-10,17H,2-7H2,1H3,(H2,14,18)(H,15,21)(H,19,20)/t8?,10-/m1/s1. The molecule has 0 aromatic rings. The number of carboxylic acids is 1. The summed E-state index contributed by atoms with van der Waals surface area (Å²) in [6, 6.07) is -1.59. The van der Waals surface area contributed by atoms with Gasteiger partial charge in [0.05, 0.1) is 6.10 Å². The fourth-order valence-electron chi connectivity index (χ4n) is 2.37. The Hall–Kier alpha value is -1.83. The van der Waals surface area contributed by atoms with Crippen LogP contribution in [0.5, 0.6) is 0 Å². The van der Waals surface area contributed by atoms with E-state index in [-0.39, 0.29) is 18.8 Å². The van der Waals surface area contributed by atoms with Crippen molar-refractivity contribution >= 4 is 17.9 Å². The summed E-state index contributed by atoms with van der Waals surface area (Å²) in [5.41, 5.74) is 4.98. The molecule has 8 nitrogen and oxygen atoms in total. The van der Waals surface area contributed by atoms with Gasteiger partial charge < -0.3 is 26.2 Å². The number of primary amides is 1. The maximum Gasteiger partial charge on any atom is 0.326 e. The number of urea groups is 1. The van der Waals surface area contributed by atoms with E-state index in [9.17, 15) is 19.5 Å². The Labute approximate surface area is 123 Å². The molecular formula is C13H23N3O5. The number of piperidine rings is 1. The van der Waals surface area contributed by atoms with Gasteiger partial charge in [-0.15, -0.1) is 0 Å². The van der Waals surface area contributed by atoms with E-state index in [1.165, 1.54) is 4.90 Å². The van der Waals surface area contributed by atoms with Crippen molar-refractivity contribution in [3.05, 3.63) is 0 Å². The Morgan fingerprint density at radius 3 is 2.33 bits per heavy atom. The van der Waals surface area contributed by atoms with Crippen molar-refractivity contribution in [3.8, 4) is 0 Å². The number of nitrogens with zero attached hydrogens (tertiary/aromatic N) is 1. The predicted molar refractivity (Wildman–Crippen MR) is 74.4 cm³/mol. The van der Waals surface area contributed by atoms with Crippen LogP contribution in [0.4, 0.5) is 4.79 Å². The van der Waals surface area contributed by atoms with Gasteiger partial charge in [0.2, 0.25) is 5.91 Å². The zero-order valence-corrected chi connectivity index (χ0v) is 12.1. The predicted octanol–water partition coefficient (Wildman–Crippen LogP) is -0.492. The molecule has 0 saturated carbocycles. The molecule has 1 rings (SSSR count). The number of amides is 3. The summed E-state index contributed by atoms with van der Waals surface area (Å²) in [5, 5.41) is 20.9. The molecule has 0 spiro atoms. The van der Waals surface area contributed by atoms with E-state index in [2.05, 4.69) is 5.32 Å². The number of nitrogens with two attached hydrogens (primary N) is 1. The number of aliphatic hydroxyl groups is 1. The van der Waals surface area contributed by atoms with Crippen LogP contribution in [-0.2, 0) is 9.59 Å². The summed E-state index contributed by atoms with van der Waals surface area (Å²) < 4.78 is 0. The molecule has 21 heavy (non-hydrogen) atoms. The molecule has 1 unspecified atom stereocenters. The van der Waals surface area contributed by atoms with E-state index >= 15 is 0 Å². The third-order valence-corrected chi connectivity index (χ3v) is 3.78. The molecule has 0 aromatic carbocycles. The van der Waals surface area contributed by atoms with Crippen LogP contribution < -0.4 is 11.1 Å². The van der Waals surface area contributed by atoms with Crippen molar-refractivity contribution in [2.75, 3.05) is 13.1 Å². The quantitative estimate of drug-likeness (QED) is 0.525. The highest BCUT2D eigenvalue weighted by Gasteiger charge is 2.28. The largest absolute Gasteiger partial charge is 0.480 e. The Balaban J connectivity index is 2.47. The second-order valence-corrected chi connectivity index (χ2v) is 5.41. The zero-order chi connectivity index (χ0) is 16.0. The van der Waals surface area contributed by atoms with E-state index in [1.54, 1.807) is 6.92 Å². The summed E-state index contributed by atoms with van der Waals surface area (Å²) in [7, 11) is 0. The molecule has 0 bridgehead atoms. The number of rotatable bonds is 6. The van der Waals surface area contributed by atoms with Gasteiger partial charge in [-0.05, 0) is 32.1 Å². The average Bonchev–Trinajstić information content (AvgIpc) is 2.42. The molecule has 3 amide bonds. The number of likely N-dealkylation sites (tertiary alicyclic amines) is 1. The van der Waals surface area contributed by atoms with Gasteiger partial charge >= 0.3 is 12.0 Å². The molecule has 8 heteroatoms. The van der Waals surface area contributed by atoms with E-state index in [0.717, 1.165) is 0 Å². The van der Waals surface area contributed by atoms with Crippen molar-refractivity contribution in [2.24, 2.45) is 11.7 Å². The zero-order valence-electron chi connectivity index (χ0n) is 12.1. The van der Waals surface area contributed by atoms with E-state index in [0.29, 0.717) is 25.9 Å². The number of carboxylic acid groups (broad SMARTS) is 1. The SMILES string of the molecule is CC(O)C1CCN(C(=O)N[C@H](CCC(N)=O)C(=O)O)CC1. The van der Waals surface area contributed by atoms with Gasteiger partial charge in [0.25, 0.3) is 0 Å². The van der Waals surface area contributed by atoms with E-state index in [4.69, 9.17) is 10.8 Å². The van der Waals surface area contributed by atoms with Gasteiger partial charge in [0.1, 0.15) is 6.04 Å². The molecule has 0 aromatic heterocycles. The Kier molecular flexibility index (Phi) is 6.41. The lowest BCUT2D eigenvalue weighted by atomic mass is 9.92. The highest BCUT2D eigenvalue weighted by molar-refractivity contribution is 5.83. The lowest BCUT2D eigenvalue weighted by Gasteiger charge is -2.33. The highest BCUT2D eigenvalue weighted by Crippen LogP contribution is 2.20. The minimum atomic E-state index is -1.19. The maximum absolute atomic E-state index is 12.0. The summed E-state index contributed by atoms with van der Waals surface area (Å²) in [4.78, 5) is 35.3.